The van der Waals surface area contributed by atoms with E-state index in [0.717, 1.165) is 12.3 Å². The van der Waals surface area contributed by atoms with E-state index >= 15 is 0 Å². The second-order valence-electron chi connectivity index (χ2n) is 6.09. The second-order valence-corrected chi connectivity index (χ2v) is 8.36. The molecule has 0 heterocycles. The van der Waals surface area contributed by atoms with Gasteiger partial charge in [-0.1, -0.05) is 23.7 Å². The van der Waals surface area contributed by atoms with Crippen molar-refractivity contribution in [2.75, 3.05) is 22.5 Å². The maximum atomic E-state index is 14.2. The van der Waals surface area contributed by atoms with Crippen molar-refractivity contribution in [3.63, 3.8) is 0 Å². The minimum Gasteiger partial charge on any atom is -0.462 e. The van der Waals surface area contributed by atoms with Crippen molar-refractivity contribution in [3.8, 4) is 0 Å². The van der Waals surface area contributed by atoms with Gasteiger partial charge >= 0.3 is 5.97 Å². The van der Waals surface area contributed by atoms with Crippen LogP contribution in [0.2, 0.25) is 5.02 Å². The molecule has 0 aliphatic rings. The Kier molecular flexibility index (Phi) is 7.21. The average molecular weight is 443 g/mol. The van der Waals surface area contributed by atoms with Gasteiger partial charge in [0, 0.05) is 5.69 Å². The third-order valence-electron chi connectivity index (χ3n) is 3.91. The number of hydrogen-bond donors (Lipinski definition) is 1. The zero-order valence-corrected chi connectivity index (χ0v) is 17.6. The number of sulfonamides is 1. The number of rotatable bonds is 7. The number of nitrogens with zero attached hydrogens (tertiary/aromatic N) is 1. The summed E-state index contributed by atoms with van der Waals surface area (Å²) in [5.74, 6) is -2.17. The van der Waals surface area contributed by atoms with Gasteiger partial charge in [0.2, 0.25) is 15.9 Å². The van der Waals surface area contributed by atoms with E-state index in [1.807, 2.05) is 0 Å². The van der Waals surface area contributed by atoms with Gasteiger partial charge in [-0.25, -0.2) is 17.6 Å². The molecule has 1 atom stereocenters. The number of nitrogens with one attached hydrogen (secondary N) is 1. The van der Waals surface area contributed by atoms with E-state index in [0.29, 0.717) is 4.31 Å². The predicted molar refractivity (Wildman–Crippen MR) is 109 cm³/mol. The normalized spacial score (nSPS) is 12.2. The zero-order chi connectivity index (χ0) is 21.8. The van der Waals surface area contributed by atoms with Crippen LogP contribution in [-0.4, -0.2) is 39.2 Å². The van der Waals surface area contributed by atoms with E-state index in [-0.39, 0.29) is 28.6 Å². The van der Waals surface area contributed by atoms with Crippen LogP contribution in [0.5, 0.6) is 0 Å². The van der Waals surface area contributed by atoms with Gasteiger partial charge in [-0.05, 0) is 44.2 Å². The van der Waals surface area contributed by atoms with Crippen LogP contribution in [0.3, 0.4) is 0 Å². The molecule has 1 N–H and O–H groups in total. The minimum absolute atomic E-state index is 0.0491. The minimum atomic E-state index is -3.98. The first kappa shape index (κ1) is 22.6. The van der Waals surface area contributed by atoms with Crippen LogP contribution < -0.4 is 9.62 Å². The summed E-state index contributed by atoms with van der Waals surface area (Å²) in [6, 6.07) is 8.13. The highest BCUT2D eigenvalue weighted by atomic mass is 35.5. The number of esters is 1. The second kappa shape index (κ2) is 9.23. The lowest BCUT2D eigenvalue weighted by Gasteiger charge is -2.28. The average Bonchev–Trinajstić information content (AvgIpc) is 2.64. The molecule has 1 amide bonds. The topological polar surface area (TPSA) is 92.8 Å². The van der Waals surface area contributed by atoms with Crippen molar-refractivity contribution in [2.45, 2.75) is 19.9 Å². The number of para-hydroxylation sites is 1. The van der Waals surface area contributed by atoms with E-state index in [1.165, 1.54) is 43.3 Å². The third kappa shape index (κ3) is 5.45. The molecule has 0 aliphatic carbocycles. The molecule has 0 saturated heterocycles. The van der Waals surface area contributed by atoms with Gasteiger partial charge in [-0.15, -0.1) is 0 Å². The van der Waals surface area contributed by atoms with E-state index in [2.05, 4.69) is 5.32 Å². The van der Waals surface area contributed by atoms with Gasteiger partial charge < -0.3 is 10.1 Å². The Balaban J connectivity index is 2.33. The summed E-state index contributed by atoms with van der Waals surface area (Å²) in [7, 11) is -3.98. The molecule has 7 nitrogen and oxygen atoms in total. The number of halogens is 2. The summed E-state index contributed by atoms with van der Waals surface area (Å²) in [5.41, 5.74) is 0.00491. The predicted octanol–water partition coefficient (Wildman–Crippen LogP) is 3.45. The highest BCUT2D eigenvalue weighted by Crippen LogP contribution is 2.26. The Morgan fingerprint density at radius 3 is 2.48 bits per heavy atom. The first-order valence-electron chi connectivity index (χ1n) is 8.57. The zero-order valence-electron chi connectivity index (χ0n) is 16.0. The Bertz CT molecular complexity index is 1030. The summed E-state index contributed by atoms with van der Waals surface area (Å²) in [6.07, 6.45) is 0.879. The maximum Gasteiger partial charge on any atom is 0.339 e. The number of ether oxygens (including phenoxy) is 1. The molecule has 0 radical (unpaired) electrons. The molecule has 0 spiro atoms. The monoisotopic (exact) mass is 442 g/mol. The van der Waals surface area contributed by atoms with Crippen LogP contribution in [0, 0.1) is 5.82 Å². The Morgan fingerprint density at radius 2 is 1.90 bits per heavy atom. The van der Waals surface area contributed by atoms with Crippen molar-refractivity contribution in [3.05, 3.63) is 58.9 Å². The van der Waals surface area contributed by atoms with Crippen LogP contribution in [-0.2, 0) is 19.6 Å². The molecule has 0 bridgehead atoms. The number of amides is 1. The number of anilines is 2. The molecular formula is C19H20ClFN2O5S. The van der Waals surface area contributed by atoms with Crippen molar-refractivity contribution in [1.29, 1.82) is 0 Å². The van der Waals surface area contributed by atoms with E-state index < -0.39 is 33.8 Å². The summed E-state index contributed by atoms with van der Waals surface area (Å²) in [6.45, 7) is 3.11. The standard InChI is InChI=1S/C19H20ClFN2O5S/c1-4-28-19(25)14-11-13(9-10-15(14)20)22-18(24)12(2)23(29(3,26)27)17-8-6-5-7-16(17)21/h5-12H,4H2,1-3H3,(H,22,24)/t12-/m0/s1. The van der Waals surface area contributed by atoms with Gasteiger partial charge in [0.1, 0.15) is 11.9 Å². The van der Waals surface area contributed by atoms with Gasteiger partial charge in [-0.3, -0.25) is 9.10 Å². The molecule has 2 aromatic rings. The molecule has 0 aromatic heterocycles. The van der Waals surface area contributed by atoms with E-state index in [9.17, 15) is 22.4 Å². The Hall–Kier alpha value is -2.65. The molecule has 0 saturated carbocycles. The lowest BCUT2D eigenvalue weighted by Crippen LogP contribution is -2.45. The fourth-order valence-corrected chi connectivity index (χ4v) is 4.00. The maximum absolute atomic E-state index is 14.2. The molecule has 0 unspecified atom stereocenters. The Labute approximate surface area is 173 Å². The summed E-state index contributed by atoms with van der Waals surface area (Å²) in [5, 5.41) is 2.65. The van der Waals surface area contributed by atoms with Gasteiger partial charge in [0.15, 0.2) is 0 Å². The van der Waals surface area contributed by atoms with Crippen LogP contribution in [0.4, 0.5) is 15.8 Å². The van der Waals surface area contributed by atoms with Crippen molar-refractivity contribution in [2.24, 2.45) is 0 Å². The van der Waals surface area contributed by atoms with Crippen LogP contribution in [0.25, 0.3) is 0 Å². The summed E-state index contributed by atoms with van der Waals surface area (Å²) in [4.78, 5) is 24.6. The van der Waals surface area contributed by atoms with Crippen molar-refractivity contribution < 1.29 is 27.1 Å². The van der Waals surface area contributed by atoms with Crippen LogP contribution >= 0.6 is 11.6 Å². The fraction of sp³-hybridized carbons (Fsp3) is 0.263. The first-order valence-corrected chi connectivity index (χ1v) is 10.8. The summed E-state index contributed by atoms with van der Waals surface area (Å²) >= 11 is 5.99. The number of carbonyl (C=O) groups is 2. The number of carbonyl (C=O) groups excluding carboxylic acids is 2. The Morgan fingerprint density at radius 1 is 1.24 bits per heavy atom. The van der Waals surface area contributed by atoms with Crippen molar-refractivity contribution >= 4 is 44.9 Å². The molecule has 156 valence electrons. The fourth-order valence-electron chi connectivity index (χ4n) is 2.63. The van der Waals surface area contributed by atoms with Gasteiger partial charge in [-0.2, -0.15) is 0 Å². The van der Waals surface area contributed by atoms with Gasteiger partial charge in [0.05, 0.1) is 29.1 Å². The highest BCUT2D eigenvalue weighted by Gasteiger charge is 2.31. The van der Waals surface area contributed by atoms with Crippen LogP contribution in [0.15, 0.2) is 42.5 Å². The van der Waals surface area contributed by atoms with E-state index in [1.54, 1.807) is 6.92 Å². The van der Waals surface area contributed by atoms with Crippen molar-refractivity contribution in [1.82, 2.24) is 0 Å². The number of benzene rings is 2. The third-order valence-corrected chi connectivity index (χ3v) is 5.46. The highest BCUT2D eigenvalue weighted by molar-refractivity contribution is 7.92. The molecule has 10 heteroatoms. The van der Waals surface area contributed by atoms with Gasteiger partial charge in [0.25, 0.3) is 0 Å². The number of hydrogen-bond acceptors (Lipinski definition) is 5. The molecule has 0 aliphatic heterocycles. The molecule has 2 aromatic carbocycles. The lowest BCUT2D eigenvalue weighted by molar-refractivity contribution is -0.116. The summed E-state index contributed by atoms with van der Waals surface area (Å²) < 4.78 is 44.3. The largest absolute Gasteiger partial charge is 0.462 e. The molecule has 0 fully saturated rings. The lowest BCUT2D eigenvalue weighted by atomic mass is 10.2. The molecular weight excluding hydrogens is 423 g/mol. The molecule has 2 rings (SSSR count). The SMILES string of the molecule is CCOC(=O)c1cc(NC(=O)[C@H](C)N(c2ccccc2F)S(C)(=O)=O)ccc1Cl. The quantitative estimate of drug-likeness (QED) is 0.663. The molecule has 29 heavy (non-hydrogen) atoms. The van der Waals surface area contributed by atoms with Crippen LogP contribution in [0.1, 0.15) is 24.2 Å². The smallest absolute Gasteiger partial charge is 0.339 e. The van der Waals surface area contributed by atoms with E-state index in [4.69, 9.17) is 16.3 Å². The first-order chi connectivity index (χ1) is 13.6.